The van der Waals surface area contributed by atoms with E-state index in [4.69, 9.17) is 4.74 Å². The normalized spacial score (nSPS) is 11.9. The van der Waals surface area contributed by atoms with Gasteiger partial charge in [-0.25, -0.2) is 9.07 Å². The SMILES string of the molecule is C[C@@H](OCc1ccccc1)C(=O)Nc1cc(-n2cnnn2)ccc1F. The third kappa shape index (κ3) is 4.24. The lowest BCUT2D eigenvalue weighted by molar-refractivity contribution is -0.127. The lowest BCUT2D eigenvalue weighted by Gasteiger charge is -2.14. The van der Waals surface area contributed by atoms with Crippen LogP contribution >= 0.6 is 0 Å². The van der Waals surface area contributed by atoms with Crippen LogP contribution in [0.2, 0.25) is 0 Å². The summed E-state index contributed by atoms with van der Waals surface area (Å²) in [6.07, 6.45) is 0.640. The Morgan fingerprint density at radius 1 is 1.28 bits per heavy atom. The van der Waals surface area contributed by atoms with Crippen molar-refractivity contribution in [3.63, 3.8) is 0 Å². The summed E-state index contributed by atoms with van der Waals surface area (Å²) in [6.45, 7) is 1.91. The molecule has 1 N–H and O–H groups in total. The molecule has 128 valence electrons. The third-order valence-electron chi connectivity index (χ3n) is 3.53. The first-order valence-corrected chi connectivity index (χ1v) is 7.63. The minimum Gasteiger partial charge on any atom is -0.364 e. The van der Waals surface area contributed by atoms with Crippen molar-refractivity contribution in [1.29, 1.82) is 0 Å². The highest BCUT2D eigenvalue weighted by atomic mass is 19.1. The van der Waals surface area contributed by atoms with Gasteiger partial charge in [0.05, 0.1) is 18.0 Å². The number of carbonyl (C=O) groups is 1. The molecule has 3 aromatic rings. The van der Waals surface area contributed by atoms with Gasteiger partial charge in [0.15, 0.2) is 0 Å². The van der Waals surface area contributed by atoms with E-state index in [-0.39, 0.29) is 5.69 Å². The van der Waals surface area contributed by atoms with E-state index < -0.39 is 17.8 Å². The number of hydrogen-bond donors (Lipinski definition) is 1. The van der Waals surface area contributed by atoms with E-state index in [0.29, 0.717) is 12.3 Å². The van der Waals surface area contributed by atoms with Crippen molar-refractivity contribution >= 4 is 11.6 Å². The number of rotatable bonds is 6. The van der Waals surface area contributed by atoms with Gasteiger partial charge in [0, 0.05) is 0 Å². The van der Waals surface area contributed by atoms with Crippen LogP contribution in [-0.4, -0.2) is 32.2 Å². The number of tetrazole rings is 1. The molecule has 0 aliphatic heterocycles. The van der Waals surface area contributed by atoms with Crippen LogP contribution in [0.15, 0.2) is 54.9 Å². The second-order valence-electron chi connectivity index (χ2n) is 5.35. The monoisotopic (exact) mass is 341 g/mol. The fraction of sp³-hybridized carbons (Fsp3) is 0.176. The van der Waals surface area contributed by atoms with Gasteiger partial charge in [0.2, 0.25) is 0 Å². The lowest BCUT2D eigenvalue weighted by Crippen LogP contribution is -2.28. The summed E-state index contributed by atoms with van der Waals surface area (Å²) < 4.78 is 20.9. The number of benzene rings is 2. The second kappa shape index (κ2) is 7.63. The van der Waals surface area contributed by atoms with Gasteiger partial charge in [-0.2, -0.15) is 0 Å². The van der Waals surface area contributed by atoms with Gasteiger partial charge in [-0.05, 0) is 41.1 Å². The van der Waals surface area contributed by atoms with Crippen molar-refractivity contribution in [2.75, 3.05) is 5.32 Å². The van der Waals surface area contributed by atoms with E-state index in [2.05, 4.69) is 20.8 Å². The van der Waals surface area contributed by atoms with Gasteiger partial charge in [-0.1, -0.05) is 30.3 Å². The molecule has 2 aromatic carbocycles. The van der Waals surface area contributed by atoms with Crippen molar-refractivity contribution in [3.8, 4) is 5.69 Å². The first-order chi connectivity index (χ1) is 12.1. The minimum absolute atomic E-state index is 0.0353. The third-order valence-corrected chi connectivity index (χ3v) is 3.53. The van der Waals surface area contributed by atoms with Gasteiger partial charge < -0.3 is 10.1 Å². The van der Waals surface area contributed by atoms with Crippen LogP contribution in [-0.2, 0) is 16.1 Å². The zero-order chi connectivity index (χ0) is 17.6. The van der Waals surface area contributed by atoms with Crippen LogP contribution in [0.25, 0.3) is 5.69 Å². The number of aromatic nitrogens is 4. The summed E-state index contributed by atoms with van der Waals surface area (Å²) in [7, 11) is 0. The molecule has 0 unspecified atom stereocenters. The van der Waals surface area contributed by atoms with E-state index in [9.17, 15) is 9.18 Å². The van der Waals surface area contributed by atoms with Gasteiger partial charge in [0.1, 0.15) is 18.2 Å². The molecule has 7 nitrogen and oxygen atoms in total. The molecule has 3 rings (SSSR count). The Kier molecular flexibility index (Phi) is 5.10. The number of nitrogens with one attached hydrogen (secondary N) is 1. The van der Waals surface area contributed by atoms with Crippen molar-refractivity contribution in [2.45, 2.75) is 19.6 Å². The number of carbonyl (C=O) groups excluding carboxylic acids is 1. The van der Waals surface area contributed by atoms with Crippen LogP contribution in [0.4, 0.5) is 10.1 Å². The molecule has 25 heavy (non-hydrogen) atoms. The topological polar surface area (TPSA) is 81.9 Å². The Balaban J connectivity index is 1.64. The predicted octanol–water partition coefficient (Wildman–Crippen LogP) is 2.35. The van der Waals surface area contributed by atoms with E-state index in [1.807, 2.05) is 30.3 Å². The largest absolute Gasteiger partial charge is 0.364 e. The molecule has 8 heteroatoms. The molecular formula is C17H16FN5O2. The average Bonchev–Trinajstić information content (AvgIpc) is 3.17. The maximum atomic E-state index is 14.0. The standard InChI is InChI=1S/C17H16FN5O2/c1-12(25-10-13-5-3-2-4-6-13)17(24)20-16-9-14(7-8-15(16)18)23-11-19-21-22-23/h2-9,11-12H,10H2,1H3,(H,20,24)/t12-/m1/s1. The molecule has 0 aliphatic carbocycles. The lowest BCUT2D eigenvalue weighted by atomic mass is 10.2. The van der Waals surface area contributed by atoms with Crippen LogP contribution in [0.5, 0.6) is 0 Å². The molecule has 0 saturated heterocycles. The smallest absolute Gasteiger partial charge is 0.253 e. The van der Waals surface area contributed by atoms with Crippen molar-refractivity contribution < 1.29 is 13.9 Å². The predicted molar refractivity (Wildman–Crippen MR) is 88.4 cm³/mol. The molecule has 0 fully saturated rings. The number of hydrogen-bond acceptors (Lipinski definition) is 5. The number of nitrogens with zero attached hydrogens (tertiary/aromatic N) is 4. The Labute approximate surface area is 143 Å². The maximum absolute atomic E-state index is 14.0. The summed E-state index contributed by atoms with van der Waals surface area (Å²) in [6, 6.07) is 13.7. The van der Waals surface area contributed by atoms with Crippen LogP contribution in [0, 0.1) is 5.82 Å². The molecule has 0 bridgehead atoms. The zero-order valence-corrected chi connectivity index (χ0v) is 13.5. The fourth-order valence-electron chi connectivity index (χ4n) is 2.14. The average molecular weight is 341 g/mol. The summed E-state index contributed by atoms with van der Waals surface area (Å²) in [5.74, 6) is -0.996. The first-order valence-electron chi connectivity index (χ1n) is 7.63. The van der Waals surface area contributed by atoms with Crippen LogP contribution in [0.3, 0.4) is 0 Å². The van der Waals surface area contributed by atoms with E-state index in [1.54, 1.807) is 6.92 Å². The highest BCUT2D eigenvalue weighted by Crippen LogP contribution is 2.19. The number of halogens is 1. The highest BCUT2D eigenvalue weighted by Gasteiger charge is 2.16. The summed E-state index contributed by atoms with van der Waals surface area (Å²) in [5.41, 5.74) is 1.52. The van der Waals surface area contributed by atoms with Crippen LogP contribution in [0.1, 0.15) is 12.5 Å². The maximum Gasteiger partial charge on any atom is 0.253 e. The number of ether oxygens (including phenoxy) is 1. The fourth-order valence-corrected chi connectivity index (χ4v) is 2.14. The van der Waals surface area contributed by atoms with Gasteiger partial charge in [-0.3, -0.25) is 4.79 Å². The van der Waals surface area contributed by atoms with Gasteiger partial charge in [-0.15, -0.1) is 5.10 Å². The number of anilines is 1. The highest BCUT2D eigenvalue weighted by molar-refractivity contribution is 5.94. The molecule has 0 spiro atoms. The van der Waals surface area contributed by atoms with Gasteiger partial charge in [0.25, 0.3) is 5.91 Å². The molecule has 0 aliphatic rings. The summed E-state index contributed by atoms with van der Waals surface area (Å²) in [4.78, 5) is 12.2. The Morgan fingerprint density at radius 2 is 2.08 bits per heavy atom. The van der Waals surface area contributed by atoms with Crippen molar-refractivity contribution in [3.05, 3.63) is 66.2 Å². The van der Waals surface area contributed by atoms with Crippen molar-refractivity contribution in [2.24, 2.45) is 0 Å². The summed E-state index contributed by atoms with van der Waals surface area (Å²) in [5, 5.41) is 13.3. The van der Waals surface area contributed by atoms with Crippen molar-refractivity contribution in [1.82, 2.24) is 20.2 Å². The molecule has 0 radical (unpaired) electrons. The molecule has 1 aromatic heterocycles. The van der Waals surface area contributed by atoms with E-state index >= 15 is 0 Å². The summed E-state index contributed by atoms with van der Waals surface area (Å²) >= 11 is 0. The Bertz CT molecular complexity index is 840. The molecular weight excluding hydrogens is 325 g/mol. The first kappa shape index (κ1) is 16.7. The Hall–Kier alpha value is -3.13. The molecule has 1 atom stereocenters. The number of amides is 1. The molecule has 1 heterocycles. The zero-order valence-electron chi connectivity index (χ0n) is 13.5. The Morgan fingerprint density at radius 3 is 2.80 bits per heavy atom. The van der Waals surface area contributed by atoms with E-state index in [0.717, 1.165) is 5.56 Å². The molecule has 0 saturated carbocycles. The van der Waals surface area contributed by atoms with Gasteiger partial charge >= 0.3 is 0 Å². The van der Waals surface area contributed by atoms with E-state index in [1.165, 1.54) is 29.2 Å². The second-order valence-corrected chi connectivity index (χ2v) is 5.35. The minimum atomic E-state index is -0.740. The quantitative estimate of drug-likeness (QED) is 0.744. The van der Waals surface area contributed by atoms with Crippen LogP contribution < -0.4 is 5.32 Å². The molecule has 1 amide bonds.